The van der Waals surface area contributed by atoms with Crippen LogP contribution in [0.4, 0.5) is 4.39 Å². The number of ether oxygens (including phenoxy) is 2. The summed E-state index contributed by atoms with van der Waals surface area (Å²) >= 11 is 0. The Morgan fingerprint density at radius 1 is 1.11 bits per heavy atom. The lowest BCUT2D eigenvalue weighted by atomic mass is 9.94. The zero-order valence-electron chi connectivity index (χ0n) is 15.1. The molecule has 2 unspecified atom stereocenters. The quantitative estimate of drug-likeness (QED) is 0.898. The normalized spacial score (nSPS) is 22.6. The van der Waals surface area contributed by atoms with E-state index in [9.17, 15) is 9.18 Å². The zero-order chi connectivity index (χ0) is 18.6. The molecule has 0 aliphatic carbocycles. The molecule has 0 aromatic heterocycles. The van der Waals surface area contributed by atoms with Gasteiger partial charge < -0.3 is 14.8 Å². The van der Waals surface area contributed by atoms with Crippen molar-refractivity contribution in [3.05, 3.63) is 65.5 Å². The lowest BCUT2D eigenvalue weighted by Crippen LogP contribution is -2.53. The summed E-state index contributed by atoms with van der Waals surface area (Å²) in [5.74, 6) is 0.481. The van der Waals surface area contributed by atoms with Crippen LogP contribution in [0.15, 0.2) is 48.5 Å². The summed E-state index contributed by atoms with van der Waals surface area (Å²) in [6.45, 7) is 3.45. The molecule has 5 nitrogen and oxygen atoms in total. The number of carbonyl (C=O) groups excluding carboxylic acids is 1. The number of nitrogens with one attached hydrogen (secondary N) is 1. The third kappa shape index (κ3) is 4.12. The number of nitrogens with zero attached hydrogens (tertiary/aromatic N) is 1. The highest BCUT2D eigenvalue weighted by Crippen LogP contribution is 2.36. The first-order valence-electron chi connectivity index (χ1n) is 9.28. The van der Waals surface area contributed by atoms with E-state index in [2.05, 4.69) is 16.3 Å². The van der Waals surface area contributed by atoms with E-state index in [1.165, 1.54) is 12.1 Å². The standard InChI is InChI=1S/C21H23FN2O3/c22-16-7-5-15(6-8-16)13-20(25)23-18-14-27-19-4-2-1-3-17(19)21(18)24-9-11-26-12-10-24/h1-8,18,21H,9-14H2,(H,23,25). The molecule has 6 heteroatoms. The van der Waals surface area contributed by atoms with Gasteiger partial charge in [0.05, 0.1) is 31.7 Å². The zero-order valence-corrected chi connectivity index (χ0v) is 15.1. The minimum atomic E-state index is -0.302. The number of morpholine rings is 1. The van der Waals surface area contributed by atoms with Gasteiger partial charge in [0.2, 0.25) is 5.91 Å². The molecule has 27 heavy (non-hydrogen) atoms. The highest BCUT2D eigenvalue weighted by atomic mass is 19.1. The third-order valence-electron chi connectivity index (χ3n) is 5.10. The molecule has 1 saturated heterocycles. The molecular weight excluding hydrogens is 347 g/mol. The van der Waals surface area contributed by atoms with Gasteiger partial charge in [-0.1, -0.05) is 30.3 Å². The summed E-state index contributed by atoms with van der Waals surface area (Å²) in [4.78, 5) is 15.0. The molecule has 1 fully saturated rings. The monoisotopic (exact) mass is 370 g/mol. The van der Waals surface area contributed by atoms with Crippen molar-refractivity contribution in [2.24, 2.45) is 0 Å². The van der Waals surface area contributed by atoms with Crippen LogP contribution in [0.2, 0.25) is 0 Å². The van der Waals surface area contributed by atoms with Gasteiger partial charge in [-0.25, -0.2) is 4.39 Å². The number of hydrogen-bond acceptors (Lipinski definition) is 4. The Labute approximate surface area is 158 Å². The fourth-order valence-corrected chi connectivity index (χ4v) is 3.82. The van der Waals surface area contributed by atoms with Crippen molar-refractivity contribution in [2.45, 2.75) is 18.5 Å². The van der Waals surface area contributed by atoms with Gasteiger partial charge in [-0.15, -0.1) is 0 Å². The van der Waals surface area contributed by atoms with Crippen molar-refractivity contribution in [3.8, 4) is 5.75 Å². The maximum Gasteiger partial charge on any atom is 0.224 e. The topological polar surface area (TPSA) is 50.8 Å². The lowest BCUT2D eigenvalue weighted by Gasteiger charge is -2.42. The van der Waals surface area contributed by atoms with Crippen LogP contribution in [-0.4, -0.2) is 49.8 Å². The van der Waals surface area contributed by atoms with E-state index in [0.717, 1.165) is 30.0 Å². The predicted molar refractivity (Wildman–Crippen MR) is 99.1 cm³/mol. The van der Waals surface area contributed by atoms with Crippen molar-refractivity contribution < 1.29 is 18.7 Å². The maximum atomic E-state index is 13.1. The molecule has 0 bridgehead atoms. The molecule has 4 rings (SSSR count). The second-order valence-corrected chi connectivity index (χ2v) is 6.92. The largest absolute Gasteiger partial charge is 0.491 e. The van der Waals surface area contributed by atoms with Gasteiger partial charge in [0.15, 0.2) is 0 Å². The summed E-state index contributed by atoms with van der Waals surface area (Å²) in [5.41, 5.74) is 1.88. The minimum absolute atomic E-state index is 0.0519. The Morgan fingerprint density at radius 3 is 2.63 bits per heavy atom. The molecule has 2 heterocycles. The Hall–Kier alpha value is -2.44. The van der Waals surface area contributed by atoms with E-state index >= 15 is 0 Å². The summed E-state index contributed by atoms with van der Waals surface area (Å²) in [5, 5.41) is 3.13. The fraction of sp³-hybridized carbons (Fsp3) is 0.381. The highest BCUT2D eigenvalue weighted by Gasteiger charge is 2.36. The maximum absolute atomic E-state index is 13.1. The summed E-state index contributed by atoms with van der Waals surface area (Å²) in [6, 6.07) is 13.9. The van der Waals surface area contributed by atoms with Gasteiger partial charge in [0, 0.05) is 18.7 Å². The van der Waals surface area contributed by atoms with E-state index in [1.54, 1.807) is 12.1 Å². The van der Waals surface area contributed by atoms with Crippen LogP contribution in [0.1, 0.15) is 17.2 Å². The van der Waals surface area contributed by atoms with Gasteiger partial charge in [-0.2, -0.15) is 0 Å². The number of benzene rings is 2. The van der Waals surface area contributed by atoms with E-state index in [1.807, 2.05) is 18.2 Å². The van der Waals surface area contributed by atoms with Crippen LogP contribution >= 0.6 is 0 Å². The first-order chi connectivity index (χ1) is 13.2. The summed E-state index contributed by atoms with van der Waals surface area (Å²) in [7, 11) is 0. The Morgan fingerprint density at radius 2 is 1.85 bits per heavy atom. The highest BCUT2D eigenvalue weighted by molar-refractivity contribution is 5.79. The molecule has 0 radical (unpaired) electrons. The van der Waals surface area contributed by atoms with Gasteiger partial charge in [-0.3, -0.25) is 9.69 Å². The van der Waals surface area contributed by atoms with Crippen molar-refractivity contribution >= 4 is 5.91 Å². The molecule has 1 amide bonds. The minimum Gasteiger partial charge on any atom is -0.491 e. The van der Waals surface area contributed by atoms with Gasteiger partial charge in [0.1, 0.15) is 18.2 Å². The summed E-state index contributed by atoms with van der Waals surface area (Å²) in [6.07, 6.45) is 0.217. The molecular formula is C21H23FN2O3. The summed E-state index contributed by atoms with van der Waals surface area (Å²) < 4.78 is 24.5. The number of rotatable bonds is 4. The van der Waals surface area contributed by atoms with Crippen molar-refractivity contribution in [1.29, 1.82) is 0 Å². The van der Waals surface area contributed by atoms with Crippen molar-refractivity contribution in [1.82, 2.24) is 10.2 Å². The van der Waals surface area contributed by atoms with Gasteiger partial charge >= 0.3 is 0 Å². The number of hydrogen-bond donors (Lipinski definition) is 1. The van der Waals surface area contributed by atoms with Crippen molar-refractivity contribution in [2.75, 3.05) is 32.9 Å². The SMILES string of the molecule is O=C(Cc1ccc(F)cc1)NC1COc2ccccc2C1N1CCOCC1. The molecule has 0 spiro atoms. The van der Waals surface area contributed by atoms with Crippen LogP contribution in [0.3, 0.4) is 0 Å². The van der Waals surface area contributed by atoms with Crippen LogP contribution in [0.5, 0.6) is 5.75 Å². The smallest absolute Gasteiger partial charge is 0.224 e. The first-order valence-corrected chi connectivity index (χ1v) is 9.28. The van der Waals surface area contributed by atoms with Crippen LogP contribution in [0, 0.1) is 5.82 Å². The van der Waals surface area contributed by atoms with Crippen LogP contribution in [-0.2, 0) is 16.0 Å². The second kappa shape index (κ2) is 8.06. The second-order valence-electron chi connectivity index (χ2n) is 6.92. The molecule has 2 aromatic rings. The van der Waals surface area contributed by atoms with E-state index in [0.29, 0.717) is 19.8 Å². The molecule has 2 atom stereocenters. The number of fused-ring (bicyclic) bond motifs is 1. The van der Waals surface area contributed by atoms with Crippen LogP contribution in [0.25, 0.3) is 0 Å². The Bertz CT molecular complexity index is 790. The van der Waals surface area contributed by atoms with Crippen molar-refractivity contribution in [3.63, 3.8) is 0 Å². The van der Waals surface area contributed by atoms with Gasteiger partial charge in [0.25, 0.3) is 0 Å². The number of halogens is 1. The lowest BCUT2D eigenvalue weighted by molar-refractivity contribution is -0.122. The predicted octanol–water partition coefficient (Wildman–Crippen LogP) is 2.32. The fourth-order valence-electron chi connectivity index (χ4n) is 3.82. The average Bonchev–Trinajstić information content (AvgIpc) is 2.70. The first kappa shape index (κ1) is 17.9. The number of carbonyl (C=O) groups is 1. The van der Waals surface area contributed by atoms with Gasteiger partial charge in [-0.05, 0) is 23.8 Å². The number of para-hydroxylation sites is 1. The van der Waals surface area contributed by atoms with E-state index in [4.69, 9.17) is 9.47 Å². The van der Waals surface area contributed by atoms with E-state index in [-0.39, 0.29) is 30.2 Å². The molecule has 0 saturated carbocycles. The third-order valence-corrected chi connectivity index (χ3v) is 5.10. The van der Waals surface area contributed by atoms with E-state index < -0.39 is 0 Å². The average molecular weight is 370 g/mol. The molecule has 1 N–H and O–H groups in total. The number of amides is 1. The molecule has 2 aliphatic heterocycles. The molecule has 2 aromatic carbocycles. The Balaban J connectivity index is 1.51. The molecule has 2 aliphatic rings. The van der Waals surface area contributed by atoms with Crippen LogP contribution < -0.4 is 10.1 Å². The molecule has 142 valence electrons. The Kier molecular flexibility index (Phi) is 5.36.